The van der Waals surface area contributed by atoms with Gasteiger partial charge in [-0.15, -0.1) is 0 Å². The molecule has 0 unspecified atom stereocenters. The fraction of sp³-hybridized carbons (Fsp3) is 0.316. The lowest BCUT2D eigenvalue weighted by atomic mass is 10.0. The number of carbonyl (C=O) groups is 1. The molecule has 0 N–H and O–H groups in total. The number of anilines is 1. The summed E-state index contributed by atoms with van der Waals surface area (Å²) in [5.41, 5.74) is 1.11. The number of hydrazone groups is 1. The Bertz CT molecular complexity index is 1250. The number of fused-ring (bicyclic) bond motifs is 3. The van der Waals surface area contributed by atoms with Gasteiger partial charge >= 0.3 is 5.69 Å². The summed E-state index contributed by atoms with van der Waals surface area (Å²) < 4.78 is 4.10. The molecule has 0 saturated carbocycles. The largest absolute Gasteiger partial charge is 0.332 e. The third-order valence-electron chi connectivity index (χ3n) is 5.05. The molecule has 28 heavy (non-hydrogen) atoms. The van der Waals surface area contributed by atoms with Crippen LogP contribution in [0.3, 0.4) is 0 Å². The van der Waals surface area contributed by atoms with E-state index in [0.29, 0.717) is 12.1 Å². The molecular weight excluding hydrogens is 360 g/mol. The molecule has 144 valence electrons. The number of hydrogen-bond acceptors (Lipinski definition) is 5. The van der Waals surface area contributed by atoms with E-state index in [1.165, 1.54) is 23.5 Å². The highest BCUT2D eigenvalue weighted by molar-refractivity contribution is 6.08. The van der Waals surface area contributed by atoms with Crippen LogP contribution in [0.15, 0.2) is 45.0 Å². The smallest absolute Gasteiger partial charge is 0.293 e. The zero-order chi connectivity index (χ0) is 20.2. The van der Waals surface area contributed by atoms with E-state index >= 15 is 0 Å². The zero-order valence-corrected chi connectivity index (χ0v) is 16.1. The second kappa shape index (κ2) is 6.29. The van der Waals surface area contributed by atoms with Crippen LogP contribution in [0, 0.1) is 0 Å². The maximum Gasteiger partial charge on any atom is 0.332 e. The van der Waals surface area contributed by atoms with Crippen LogP contribution in [-0.4, -0.2) is 30.3 Å². The van der Waals surface area contributed by atoms with E-state index in [-0.39, 0.29) is 29.1 Å². The summed E-state index contributed by atoms with van der Waals surface area (Å²) in [6.45, 7) is 3.37. The van der Waals surface area contributed by atoms with Gasteiger partial charge in [-0.2, -0.15) is 15.1 Å². The molecule has 9 heteroatoms. The van der Waals surface area contributed by atoms with Crippen LogP contribution in [0.1, 0.15) is 31.9 Å². The number of carbonyl (C=O) groups excluding carboxylic acids is 1. The van der Waals surface area contributed by atoms with Gasteiger partial charge in [-0.05, 0) is 12.0 Å². The van der Waals surface area contributed by atoms with Gasteiger partial charge in [-0.25, -0.2) is 4.79 Å². The lowest BCUT2D eigenvalue weighted by molar-refractivity contribution is -0.116. The summed E-state index contributed by atoms with van der Waals surface area (Å²) in [7, 11) is 2.99. The predicted octanol–water partition coefficient (Wildman–Crippen LogP) is 1.16. The van der Waals surface area contributed by atoms with E-state index < -0.39 is 11.2 Å². The van der Waals surface area contributed by atoms with E-state index in [4.69, 9.17) is 0 Å². The molecule has 1 aliphatic heterocycles. The lowest BCUT2D eigenvalue weighted by Crippen LogP contribution is -2.40. The molecular formula is C19H20N6O3. The Kier molecular flexibility index (Phi) is 4.02. The van der Waals surface area contributed by atoms with Crippen LogP contribution >= 0.6 is 0 Å². The lowest BCUT2D eigenvalue weighted by Gasteiger charge is -2.30. The van der Waals surface area contributed by atoms with Gasteiger partial charge in [0.1, 0.15) is 0 Å². The monoisotopic (exact) mass is 380 g/mol. The van der Waals surface area contributed by atoms with Gasteiger partial charge in [0, 0.05) is 21.0 Å². The first kappa shape index (κ1) is 17.9. The maximum absolute atomic E-state index is 13.0. The Labute approximate surface area is 160 Å². The molecule has 2 aromatic heterocycles. The van der Waals surface area contributed by atoms with Crippen molar-refractivity contribution in [2.45, 2.75) is 26.3 Å². The fourth-order valence-electron chi connectivity index (χ4n) is 3.64. The summed E-state index contributed by atoms with van der Waals surface area (Å²) in [6, 6.07) is 9.22. The number of amides is 1. The van der Waals surface area contributed by atoms with Gasteiger partial charge in [0.2, 0.25) is 11.9 Å². The Balaban J connectivity index is 2.13. The van der Waals surface area contributed by atoms with Crippen molar-refractivity contribution < 1.29 is 4.79 Å². The first-order valence-corrected chi connectivity index (χ1v) is 8.99. The van der Waals surface area contributed by atoms with E-state index in [1.807, 2.05) is 37.3 Å². The van der Waals surface area contributed by atoms with Crippen molar-refractivity contribution in [3.8, 4) is 0 Å². The molecule has 0 bridgehead atoms. The van der Waals surface area contributed by atoms with Gasteiger partial charge < -0.3 is 0 Å². The van der Waals surface area contributed by atoms with E-state index in [2.05, 4.69) is 10.1 Å². The molecule has 0 fully saturated rings. The first-order valence-electron chi connectivity index (χ1n) is 8.99. The number of rotatable bonds is 2. The van der Waals surface area contributed by atoms with Crippen molar-refractivity contribution in [2.24, 2.45) is 19.2 Å². The molecule has 0 spiro atoms. The maximum atomic E-state index is 13.0. The van der Waals surface area contributed by atoms with Crippen molar-refractivity contribution in [2.75, 3.05) is 5.01 Å². The third kappa shape index (κ3) is 2.35. The fourth-order valence-corrected chi connectivity index (χ4v) is 3.64. The molecule has 3 heterocycles. The molecule has 0 saturated heterocycles. The molecule has 3 aromatic rings. The number of hydrogen-bond donors (Lipinski definition) is 0. The summed E-state index contributed by atoms with van der Waals surface area (Å²) >= 11 is 0. The van der Waals surface area contributed by atoms with Gasteiger partial charge in [-0.1, -0.05) is 37.3 Å². The van der Waals surface area contributed by atoms with Crippen LogP contribution in [0.5, 0.6) is 0 Å². The highest BCUT2D eigenvalue weighted by Gasteiger charge is 2.35. The van der Waals surface area contributed by atoms with E-state index in [1.54, 1.807) is 11.6 Å². The minimum absolute atomic E-state index is 0.234. The highest BCUT2D eigenvalue weighted by atomic mass is 16.2. The minimum atomic E-state index is -0.473. The van der Waals surface area contributed by atoms with Crippen molar-refractivity contribution in [3.05, 3.63) is 56.7 Å². The number of imidazole rings is 1. The second-order valence-electron chi connectivity index (χ2n) is 6.77. The Morgan fingerprint density at radius 1 is 1.11 bits per heavy atom. The quantitative estimate of drug-likeness (QED) is 0.667. The molecule has 1 atom stereocenters. The number of nitrogens with zero attached hydrogens (tertiary/aromatic N) is 6. The van der Waals surface area contributed by atoms with Crippen molar-refractivity contribution in [3.63, 3.8) is 0 Å². The number of aryl methyl sites for hydroxylation is 1. The van der Waals surface area contributed by atoms with Crippen molar-refractivity contribution >= 4 is 28.7 Å². The molecule has 1 aromatic carbocycles. The van der Waals surface area contributed by atoms with E-state index in [0.717, 1.165) is 10.1 Å². The Hall–Kier alpha value is -3.49. The summed E-state index contributed by atoms with van der Waals surface area (Å²) in [5, 5.41) is 5.76. The topological polar surface area (TPSA) is 94.5 Å². The molecule has 9 nitrogen and oxygen atoms in total. The third-order valence-corrected chi connectivity index (χ3v) is 5.05. The van der Waals surface area contributed by atoms with Gasteiger partial charge in [-0.3, -0.25) is 23.3 Å². The summed E-state index contributed by atoms with van der Waals surface area (Å²) in [4.78, 5) is 42.1. The SMILES string of the molecule is CC[C@H]1C(c2ccccc2)=NN(C(C)=O)c2nc3c(c(=O)n(C)c(=O)n3C)n21. The van der Waals surface area contributed by atoms with Crippen LogP contribution < -0.4 is 16.3 Å². The van der Waals surface area contributed by atoms with E-state index in [9.17, 15) is 14.4 Å². The normalized spacial score (nSPS) is 16.2. The molecule has 1 amide bonds. The highest BCUT2D eigenvalue weighted by Crippen LogP contribution is 2.33. The predicted molar refractivity (Wildman–Crippen MR) is 106 cm³/mol. The average molecular weight is 380 g/mol. The number of benzene rings is 1. The zero-order valence-electron chi connectivity index (χ0n) is 16.1. The first-order chi connectivity index (χ1) is 13.4. The molecule has 4 rings (SSSR count). The molecule has 0 aliphatic carbocycles. The summed E-state index contributed by atoms with van der Waals surface area (Å²) in [6.07, 6.45) is 0.629. The average Bonchev–Trinajstić information content (AvgIpc) is 3.10. The van der Waals surface area contributed by atoms with Crippen molar-refractivity contribution in [1.82, 2.24) is 18.7 Å². The van der Waals surface area contributed by atoms with Crippen LogP contribution in [0.25, 0.3) is 11.2 Å². The molecule has 0 radical (unpaired) electrons. The van der Waals surface area contributed by atoms with Crippen LogP contribution in [0.4, 0.5) is 5.95 Å². The van der Waals surface area contributed by atoms with Crippen molar-refractivity contribution in [1.29, 1.82) is 0 Å². The Morgan fingerprint density at radius 2 is 1.79 bits per heavy atom. The van der Waals surface area contributed by atoms with Crippen LogP contribution in [0.2, 0.25) is 0 Å². The molecule has 1 aliphatic rings. The Morgan fingerprint density at radius 3 is 2.39 bits per heavy atom. The summed E-state index contributed by atoms with van der Waals surface area (Å²) in [5.74, 6) is -0.0892. The van der Waals surface area contributed by atoms with Gasteiger partial charge in [0.15, 0.2) is 11.2 Å². The van der Waals surface area contributed by atoms with Crippen LogP contribution in [-0.2, 0) is 18.9 Å². The minimum Gasteiger partial charge on any atom is -0.293 e. The second-order valence-corrected chi connectivity index (χ2v) is 6.77. The number of aromatic nitrogens is 4. The van der Waals surface area contributed by atoms with Gasteiger partial charge in [0.25, 0.3) is 5.56 Å². The standard InChI is InChI=1S/C19H20N6O3/c1-5-13-14(12-9-7-6-8-10-12)21-25(11(2)26)18-20-16-15(24(13)18)17(27)23(4)19(28)22(16)3/h6-10,13H,5H2,1-4H3/t13-/m0/s1. The van der Waals surface area contributed by atoms with Gasteiger partial charge in [0.05, 0.1) is 11.8 Å².